The fourth-order valence-electron chi connectivity index (χ4n) is 4.66. The SMILES string of the molecule is CC(C)(C)OC(=O)N1CCC(n2cc(C(O)c3ccc4c5c(cccc35)C(=O)N4)cn2)CC1. The molecule has 1 saturated heterocycles. The molecule has 0 aliphatic carbocycles. The second-order valence-electron chi connectivity index (χ2n) is 9.74. The van der Waals surface area contributed by atoms with Crippen LogP contribution in [-0.2, 0) is 4.74 Å². The van der Waals surface area contributed by atoms with Gasteiger partial charge in [0.2, 0.25) is 0 Å². The third-order valence-electron chi connectivity index (χ3n) is 6.29. The first-order valence-corrected chi connectivity index (χ1v) is 11.3. The van der Waals surface area contributed by atoms with Crippen molar-refractivity contribution in [1.29, 1.82) is 0 Å². The van der Waals surface area contributed by atoms with E-state index in [1.54, 1.807) is 17.2 Å². The Balaban J connectivity index is 1.32. The molecule has 172 valence electrons. The normalized spacial score (nSPS) is 17.3. The summed E-state index contributed by atoms with van der Waals surface area (Å²) < 4.78 is 7.36. The maximum absolute atomic E-state index is 12.3. The van der Waals surface area contributed by atoms with Gasteiger partial charge in [0.25, 0.3) is 5.91 Å². The minimum absolute atomic E-state index is 0.118. The number of benzene rings is 2. The topological polar surface area (TPSA) is 96.7 Å². The lowest BCUT2D eigenvalue weighted by molar-refractivity contribution is 0.0184. The molecular weight excluding hydrogens is 420 g/mol. The number of hydrogen-bond acceptors (Lipinski definition) is 5. The van der Waals surface area contributed by atoms with Crippen LogP contribution in [0, 0.1) is 0 Å². The predicted octanol–water partition coefficient (Wildman–Crippen LogP) is 4.26. The number of ether oxygens (including phenoxy) is 1. The van der Waals surface area contributed by atoms with E-state index in [1.807, 2.05) is 55.9 Å². The molecule has 0 saturated carbocycles. The Morgan fingerprint density at radius 3 is 2.70 bits per heavy atom. The molecule has 1 aromatic heterocycles. The van der Waals surface area contributed by atoms with Crippen molar-refractivity contribution >= 4 is 28.5 Å². The average molecular weight is 449 g/mol. The number of aliphatic hydroxyl groups excluding tert-OH is 1. The number of aliphatic hydroxyl groups is 1. The van der Waals surface area contributed by atoms with Crippen LogP contribution in [0.4, 0.5) is 10.5 Å². The highest BCUT2D eigenvalue weighted by molar-refractivity contribution is 6.24. The maximum Gasteiger partial charge on any atom is 0.410 e. The largest absolute Gasteiger partial charge is 0.444 e. The van der Waals surface area contributed by atoms with Crippen LogP contribution >= 0.6 is 0 Å². The Kier molecular flexibility index (Phi) is 5.12. The molecule has 3 aromatic rings. The van der Waals surface area contributed by atoms with E-state index in [-0.39, 0.29) is 18.0 Å². The van der Waals surface area contributed by atoms with Gasteiger partial charge in [-0.05, 0) is 56.7 Å². The number of amides is 2. The zero-order chi connectivity index (χ0) is 23.3. The highest BCUT2D eigenvalue weighted by atomic mass is 16.6. The molecule has 0 spiro atoms. The zero-order valence-electron chi connectivity index (χ0n) is 19.0. The molecular formula is C25H28N4O4. The first-order chi connectivity index (χ1) is 15.7. The summed E-state index contributed by atoms with van der Waals surface area (Å²) in [6, 6.07) is 9.41. The highest BCUT2D eigenvalue weighted by Crippen LogP contribution is 2.38. The molecule has 5 rings (SSSR count). The van der Waals surface area contributed by atoms with E-state index >= 15 is 0 Å². The summed E-state index contributed by atoms with van der Waals surface area (Å²) in [6.07, 6.45) is 3.97. The van der Waals surface area contributed by atoms with E-state index in [1.165, 1.54) is 0 Å². The van der Waals surface area contributed by atoms with Crippen molar-refractivity contribution < 1.29 is 19.4 Å². The Morgan fingerprint density at radius 1 is 1.21 bits per heavy atom. The maximum atomic E-state index is 12.3. The Bertz CT molecular complexity index is 1230. The number of piperidine rings is 1. The van der Waals surface area contributed by atoms with Gasteiger partial charge < -0.3 is 20.1 Å². The second kappa shape index (κ2) is 7.88. The number of carbonyl (C=O) groups is 2. The number of likely N-dealkylation sites (tertiary alicyclic amines) is 1. The fraction of sp³-hybridized carbons (Fsp3) is 0.400. The Labute approximate surface area is 192 Å². The van der Waals surface area contributed by atoms with Gasteiger partial charge >= 0.3 is 6.09 Å². The number of aromatic nitrogens is 2. The first kappa shape index (κ1) is 21.5. The lowest BCUT2D eigenvalue weighted by Crippen LogP contribution is -2.42. The van der Waals surface area contributed by atoms with Crippen molar-refractivity contribution in [1.82, 2.24) is 14.7 Å². The minimum atomic E-state index is -0.861. The van der Waals surface area contributed by atoms with Gasteiger partial charge in [0.1, 0.15) is 11.7 Å². The molecule has 8 heteroatoms. The summed E-state index contributed by atoms with van der Waals surface area (Å²) in [5.41, 5.74) is 2.33. The van der Waals surface area contributed by atoms with Crippen molar-refractivity contribution in [3.05, 3.63) is 59.4 Å². The summed E-state index contributed by atoms with van der Waals surface area (Å²) in [7, 11) is 0. The zero-order valence-corrected chi connectivity index (χ0v) is 19.0. The molecule has 2 aliphatic heterocycles. The molecule has 1 unspecified atom stereocenters. The quantitative estimate of drug-likeness (QED) is 0.624. The standard InChI is InChI=1S/C25H28N4O4/c1-25(2,3)33-24(32)28-11-9-16(10-12-28)29-14-15(13-26-29)22(30)18-7-8-20-21-17(18)5-4-6-19(21)23(31)27-20/h4-8,13-14,16,22,30H,9-12H2,1-3H3,(H,27,31). The Morgan fingerprint density at radius 2 is 1.97 bits per heavy atom. The van der Waals surface area contributed by atoms with Gasteiger partial charge in [0.05, 0.1) is 12.2 Å². The van der Waals surface area contributed by atoms with Crippen LogP contribution < -0.4 is 5.32 Å². The summed E-state index contributed by atoms with van der Waals surface area (Å²) in [6.45, 7) is 6.81. The van der Waals surface area contributed by atoms with Crippen LogP contribution in [0.15, 0.2) is 42.7 Å². The van der Waals surface area contributed by atoms with E-state index in [0.29, 0.717) is 24.2 Å². The molecule has 2 amide bonds. The van der Waals surface area contributed by atoms with E-state index in [0.717, 1.165) is 34.9 Å². The van der Waals surface area contributed by atoms with Crippen LogP contribution in [0.3, 0.4) is 0 Å². The molecule has 2 aromatic carbocycles. The number of nitrogens with zero attached hydrogens (tertiary/aromatic N) is 3. The van der Waals surface area contributed by atoms with Crippen LogP contribution in [0.2, 0.25) is 0 Å². The average Bonchev–Trinajstić information content (AvgIpc) is 3.39. The van der Waals surface area contributed by atoms with Gasteiger partial charge in [-0.15, -0.1) is 0 Å². The molecule has 0 bridgehead atoms. The Hall–Kier alpha value is -3.39. The summed E-state index contributed by atoms with van der Waals surface area (Å²) in [5.74, 6) is -0.118. The predicted molar refractivity (Wildman–Crippen MR) is 124 cm³/mol. The van der Waals surface area contributed by atoms with Crippen molar-refractivity contribution in [2.75, 3.05) is 18.4 Å². The van der Waals surface area contributed by atoms with Crippen LogP contribution in [0.1, 0.15) is 67.2 Å². The molecule has 3 heterocycles. The third kappa shape index (κ3) is 3.95. The number of hydrogen-bond donors (Lipinski definition) is 2. The minimum Gasteiger partial charge on any atom is -0.444 e. The molecule has 1 atom stereocenters. The summed E-state index contributed by atoms with van der Waals surface area (Å²) in [5, 5.41) is 20.3. The van der Waals surface area contributed by atoms with Crippen LogP contribution in [0.5, 0.6) is 0 Å². The van der Waals surface area contributed by atoms with E-state index < -0.39 is 11.7 Å². The van der Waals surface area contributed by atoms with Crippen molar-refractivity contribution in [2.45, 2.75) is 51.4 Å². The van der Waals surface area contributed by atoms with Crippen molar-refractivity contribution in [2.24, 2.45) is 0 Å². The number of anilines is 1. The van der Waals surface area contributed by atoms with Gasteiger partial charge in [-0.25, -0.2) is 4.79 Å². The van der Waals surface area contributed by atoms with E-state index in [4.69, 9.17) is 4.74 Å². The highest BCUT2D eigenvalue weighted by Gasteiger charge is 2.29. The molecule has 0 radical (unpaired) electrons. The van der Waals surface area contributed by atoms with Gasteiger partial charge in [0, 0.05) is 41.5 Å². The van der Waals surface area contributed by atoms with E-state index in [9.17, 15) is 14.7 Å². The lowest BCUT2D eigenvalue weighted by atomic mass is 9.95. The van der Waals surface area contributed by atoms with Crippen LogP contribution in [0.25, 0.3) is 10.8 Å². The molecule has 2 N–H and O–H groups in total. The molecule has 33 heavy (non-hydrogen) atoms. The smallest absolute Gasteiger partial charge is 0.410 e. The van der Waals surface area contributed by atoms with Gasteiger partial charge in [-0.1, -0.05) is 18.2 Å². The number of nitrogens with one attached hydrogen (secondary N) is 1. The molecule has 1 fully saturated rings. The monoisotopic (exact) mass is 448 g/mol. The summed E-state index contributed by atoms with van der Waals surface area (Å²) in [4.78, 5) is 26.2. The van der Waals surface area contributed by atoms with Crippen molar-refractivity contribution in [3.8, 4) is 0 Å². The van der Waals surface area contributed by atoms with Crippen molar-refractivity contribution in [3.63, 3.8) is 0 Å². The lowest BCUT2D eigenvalue weighted by Gasteiger charge is -2.33. The van der Waals surface area contributed by atoms with Gasteiger partial charge in [0.15, 0.2) is 0 Å². The molecule has 8 nitrogen and oxygen atoms in total. The number of carbonyl (C=O) groups excluding carboxylic acids is 2. The second-order valence-corrected chi connectivity index (χ2v) is 9.74. The third-order valence-corrected chi connectivity index (χ3v) is 6.29. The summed E-state index contributed by atoms with van der Waals surface area (Å²) >= 11 is 0. The first-order valence-electron chi connectivity index (χ1n) is 11.3. The van der Waals surface area contributed by atoms with E-state index in [2.05, 4.69) is 10.4 Å². The molecule has 2 aliphatic rings. The van der Waals surface area contributed by atoms with Gasteiger partial charge in [-0.2, -0.15) is 5.10 Å². The fourth-order valence-corrected chi connectivity index (χ4v) is 4.66. The van der Waals surface area contributed by atoms with Crippen LogP contribution in [-0.4, -0.2) is 50.5 Å². The van der Waals surface area contributed by atoms with Gasteiger partial charge in [-0.3, -0.25) is 9.48 Å². The number of rotatable bonds is 3.